The van der Waals surface area contributed by atoms with Crippen molar-refractivity contribution in [3.8, 4) is 0 Å². The summed E-state index contributed by atoms with van der Waals surface area (Å²) >= 11 is 0. The molecule has 0 bridgehead atoms. The number of aliphatic hydroxyl groups is 2. The molecular weight excluding hydrogens is 90.9 g/mol. The van der Waals surface area contributed by atoms with E-state index in [2.05, 4.69) is 0 Å². The molecule has 0 spiro atoms. The van der Waals surface area contributed by atoms with E-state index in [4.69, 9.17) is 10.2 Å². The molecular formula is C4H8BO2. The van der Waals surface area contributed by atoms with Crippen molar-refractivity contribution in [2.75, 3.05) is 0 Å². The first-order valence-corrected chi connectivity index (χ1v) is 2.48. The van der Waals surface area contributed by atoms with Gasteiger partial charge in [0.05, 0.1) is 12.2 Å². The molecule has 0 saturated carbocycles. The lowest BCUT2D eigenvalue weighted by molar-refractivity contribution is 0.0542. The summed E-state index contributed by atoms with van der Waals surface area (Å²) in [6, 6.07) is 0. The maximum absolute atomic E-state index is 8.72. The summed E-state index contributed by atoms with van der Waals surface area (Å²) in [6.45, 7) is 0. The molecule has 2 N–H and O–H groups in total. The molecule has 0 aromatic heterocycles. The van der Waals surface area contributed by atoms with Crippen LogP contribution in [0.2, 0.25) is 12.6 Å². The molecule has 0 unspecified atom stereocenters. The van der Waals surface area contributed by atoms with Crippen molar-refractivity contribution in [2.45, 2.75) is 24.8 Å². The Morgan fingerprint density at radius 3 is 1.71 bits per heavy atom. The van der Waals surface area contributed by atoms with E-state index in [1.165, 1.54) is 0 Å². The number of aliphatic hydroxyl groups excluding tert-OH is 2. The molecule has 1 fully saturated rings. The first kappa shape index (κ1) is 5.13. The van der Waals surface area contributed by atoms with E-state index in [0.717, 1.165) is 0 Å². The Bertz CT molecular complexity index is 58.7. The predicted octanol–water partition coefficient (Wildman–Crippen LogP) is -0.737. The molecule has 7 heavy (non-hydrogen) atoms. The zero-order valence-corrected chi connectivity index (χ0v) is 4.04. The van der Waals surface area contributed by atoms with Gasteiger partial charge in [-0.05, 0) is 0 Å². The van der Waals surface area contributed by atoms with Gasteiger partial charge in [-0.25, -0.2) is 0 Å². The second-order valence-electron chi connectivity index (χ2n) is 1.89. The van der Waals surface area contributed by atoms with Gasteiger partial charge in [0.15, 0.2) is 0 Å². The Balaban J connectivity index is 2.33. The summed E-state index contributed by atoms with van der Waals surface area (Å²) in [7, 11) is 1.90. The zero-order valence-electron chi connectivity index (χ0n) is 4.04. The molecule has 1 aliphatic heterocycles. The largest absolute Gasteiger partial charge is 0.391 e. The number of hydrogen-bond acceptors (Lipinski definition) is 2. The molecule has 0 aliphatic carbocycles. The van der Waals surface area contributed by atoms with Crippen molar-refractivity contribution in [1.29, 1.82) is 0 Å². The lowest BCUT2D eigenvalue weighted by Crippen LogP contribution is -2.16. The van der Waals surface area contributed by atoms with Gasteiger partial charge in [0.25, 0.3) is 0 Å². The molecule has 3 heteroatoms. The maximum atomic E-state index is 8.72. The van der Waals surface area contributed by atoms with Crippen LogP contribution in [0.15, 0.2) is 0 Å². The van der Waals surface area contributed by atoms with Crippen LogP contribution in [0.1, 0.15) is 0 Å². The minimum Gasteiger partial charge on any atom is -0.391 e. The van der Waals surface area contributed by atoms with E-state index in [9.17, 15) is 0 Å². The highest BCUT2D eigenvalue weighted by atomic mass is 16.3. The van der Waals surface area contributed by atoms with Gasteiger partial charge in [-0.3, -0.25) is 0 Å². The lowest BCUT2D eigenvalue weighted by Gasteiger charge is -2.04. The Labute approximate surface area is 43.4 Å². The molecule has 1 radical (unpaired) electrons. The van der Waals surface area contributed by atoms with Crippen molar-refractivity contribution >= 4 is 7.28 Å². The normalized spacial score (nSPS) is 40.9. The first-order valence-electron chi connectivity index (χ1n) is 2.48. The molecule has 2 nitrogen and oxygen atoms in total. The topological polar surface area (TPSA) is 40.5 Å². The molecule has 1 aliphatic rings. The molecule has 0 aromatic carbocycles. The van der Waals surface area contributed by atoms with Gasteiger partial charge < -0.3 is 10.2 Å². The van der Waals surface area contributed by atoms with E-state index in [1.54, 1.807) is 0 Å². The van der Waals surface area contributed by atoms with E-state index in [-0.39, 0.29) is 0 Å². The summed E-state index contributed by atoms with van der Waals surface area (Å²) in [5.74, 6) is 0. The first-order chi connectivity index (χ1) is 3.30. The Morgan fingerprint density at radius 2 is 1.57 bits per heavy atom. The predicted molar refractivity (Wildman–Crippen MR) is 27.4 cm³/mol. The van der Waals surface area contributed by atoms with Gasteiger partial charge in [0.2, 0.25) is 0 Å². The SMILES string of the molecule is O[C@@H]1C[B]C[C@@H]1O. The Morgan fingerprint density at radius 1 is 1.14 bits per heavy atom. The summed E-state index contributed by atoms with van der Waals surface area (Å²) in [6.07, 6.45) is 0.336. The molecule has 39 valence electrons. The molecule has 2 atom stereocenters. The third-order valence-electron chi connectivity index (χ3n) is 1.26. The highest BCUT2D eigenvalue weighted by Gasteiger charge is 2.22. The van der Waals surface area contributed by atoms with E-state index in [1.807, 2.05) is 7.28 Å². The zero-order chi connectivity index (χ0) is 5.28. The van der Waals surface area contributed by atoms with Crippen LogP contribution in [0.25, 0.3) is 0 Å². The van der Waals surface area contributed by atoms with Crippen molar-refractivity contribution in [2.24, 2.45) is 0 Å². The van der Waals surface area contributed by atoms with Crippen LogP contribution in [-0.4, -0.2) is 29.7 Å². The van der Waals surface area contributed by atoms with Crippen molar-refractivity contribution in [1.82, 2.24) is 0 Å². The minimum absolute atomic E-state index is 0.486. The van der Waals surface area contributed by atoms with E-state index in [0.29, 0.717) is 12.6 Å². The van der Waals surface area contributed by atoms with E-state index >= 15 is 0 Å². The molecule has 1 heterocycles. The molecule has 1 saturated heterocycles. The standard InChI is InChI=1S/C4H8BO2/c6-3-1-5-2-4(3)7/h3-4,6-7H,1-2H2/t3-,4+. The lowest BCUT2D eigenvalue weighted by atomic mass is 9.77. The fraction of sp³-hybridized carbons (Fsp3) is 1.00. The number of rotatable bonds is 0. The van der Waals surface area contributed by atoms with Gasteiger partial charge >= 0.3 is 0 Å². The Hall–Kier alpha value is -0.0151. The number of hydrogen-bond donors (Lipinski definition) is 2. The summed E-state index contributed by atoms with van der Waals surface area (Å²) in [5, 5.41) is 17.4. The van der Waals surface area contributed by atoms with E-state index < -0.39 is 12.2 Å². The van der Waals surface area contributed by atoms with Gasteiger partial charge in [-0.2, -0.15) is 0 Å². The van der Waals surface area contributed by atoms with Crippen LogP contribution in [-0.2, 0) is 0 Å². The maximum Gasteiger partial charge on any atom is 0.116 e. The van der Waals surface area contributed by atoms with Crippen LogP contribution < -0.4 is 0 Å². The molecule has 0 aromatic rings. The van der Waals surface area contributed by atoms with Gasteiger partial charge in [0, 0.05) is 0 Å². The quantitative estimate of drug-likeness (QED) is 0.392. The van der Waals surface area contributed by atoms with Crippen LogP contribution in [0, 0.1) is 0 Å². The highest BCUT2D eigenvalue weighted by Crippen LogP contribution is 2.12. The third kappa shape index (κ3) is 0.953. The van der Waals surface area contributed by atoms with Crippen LogP contribution in [0.4, 0.5) is 0 Å². The monoisotopic (exact) mass is 99.1 g/mol. The fourth-order valence-corrected chi connectivity index (χ4v) is 0.752. The summed E-state index contributed by atoms with van der Waals surface area (Å²) in [4.78, 5) is 0. The molecule has 1 rings (SSSR count). The fourth-order valence-electron chi connectivity index (χ4n) is 0.752. The second kappa shape index (κ2) is 1.84. The van der Waals surface area contributed by atoms with Gasteiger partial charge in [0.1, 0.15) is 7.28 Å². The van der Waals surface area contributed by atoms with Crippen molar-refractivity contribution < 1.29 is 10.2 Å². The average Bonchev–Trinajstić information content (AvgIpc) is 1.91. The van der Waals surface area contributed by atoms with Crippen LogP contribution >= 0.6 is 0 Å². The average molecular weight is 98.9 g/mol. The molecule has 0 amide bonds. The van der Waals surface area contributed by atoms with Gasteiger partial charge in [-0.15, -0.1) is 0 Å². The smallest absolute Gasteiger partial charge is 0.116 e. The highest BCUT2D eigenvalue weighted by molar-refractivity contribution is 6.37. The second-order valence-corrected chi connectivity index (χ2v) is 1.89. The van der Waals surface area contributed by atoms with Crippen molar-refractivity contribution in [3.05, 3.63) is 0 Å². The third-order valence-corrected chi connectivity index (χ3v) is 1.26. The summed E-state index contributed by atoms with van der Waals surface area (Å²) < 4.78 is 0. The van der Waals surface area contributed by atoms with Crippen LogP contribution in [0.3, 0.4) is 0 Å². The minimum atomic E-state index is -0.486. The Kier molecular flexibility index (Phi) is 1.35. The van der Waals surface area contributed by atoms with Gasteiger partial charge in [-0.1, -0.05) is 12.6 Å². The van der Waals surface area contributed by atoms with Crippen molar-refractivity contribution in [3.63, 3.8) is 0 Å². The summed E-state index contributed by atoms with van der Waals surface area (Å²) in [5.41, 5.74) is 0. The van der Waals surface area contributed by atoms with Crippen LogP contribution in [0.5, 0.6) is 0 Å².